The molecule has 0 radical (unpaired) electrons. The Morgan fingerprint density at radius 3 is 2.48 bits per heavy atom. The van der Waals surface area contributed by atoms with Crippen molar-refractivity contribution in [1.82, 2.24) is 14.8 Å². The lowest BCUT2D eigenvalue weighted by atomic mass is 9.84. The summed E-state index contributed by atoms with van der Waals surface area (Å²) in [5.41, 5.74) is 4.75. The second kappa shape index (κ2) is 12.3. The molecular weight excluding hydrogens is 583 g/mol. The summed E-state index contributed by atoms with van der Waals surface area (Å²) >= 11 is 0. The SMILES string of the molecule is CC1(O)CCCc2c(C(F)F)nn(CC(=O)C[C@@H](Cc3cc(F)cc(F)c3)c3ncccc3-c3ccc(F)c(C(N)=O)c3)c21. The standard InChI is InChI=1S/C32H29F5N4O3/c1-32(44)8-2-4-24-28(30(36)37)40-41(29(24)32)16-22(42)13-19(10-17-11-20(33)15-21(34)12-17)27-23(5-3-9-39-27)18-6-7-26(35)25(14-18)31(38)43/h3,5-7,9,11-12,14-15,19,30,44H,2,4,8,10,13,16H2,1H3,(H2,38,43)/t19-,32?/m1/s1. The van der Waals surface area contributed by atoms with Gasteiger partial charge in [-0.05, 0) is 74.1 Å². The zero-order chi connectivity index (χ0) is 31.8. The summed E-state index contributed by atoms with van der Waals surface area (Å²) in [4.78, 5) is 29.9. The lowest BCUT2D eigenvalue weighted by Crippen LogP contribution is -2.31. The molecule has 2 atom stereocenters. The fraction of sp³-hybridized carbons (Fsp3) is 0.312. The molecule has 0 spiro atoms. The second-order valence-corrected chi connectivity index (χ2v) is 11.2. The number of primary amides is 1. The Balaban J connectivity index is 1.54. The molecule has 3 N–H and O–H groups in total. The second-order valence-electron chi connectivity index (χ2n) is 11.2. The van der Waals surface area contributed by atoms with Crippen molar-refractivity contribution in [3.05, 3.63) is 106 Å². The van der Waals surface area contributed by atoms with Crippen LogP contribution < -0.4 is 5.73 Å². The van der Waals surface area contributed by atoms with Gasteiger partial charge in [-0.25, -0.2) is 22.0 Å². The predicted octanol–water partition coefficient (Wildman–Crippen LogP) is 5.93. The summed E-state index contributed by atoms with van der Waals surface area (Å²) in [5, 5.41) is 15.0. The minimum absolute atomic E-state index is 0.0501. The van der Waals surface area contributed by atoms with Crippen molar-refractivity contribution >= 4 is 11.7 Å². The number of halogens is 5. The molecule has 1 aliphatic rings. The normalized spacial score (nSPS) is 17.0. The number of benzene rings is 2. The van der Waals surface area contributed by atoms with Crippen molar-refractivity contribution in [1.29, 1.82) is 0 Å². The number of nitrogens with zero attached hydrogens (tertiary/aromatic N) is 3. The van der Waals surface area contributed by atoms with Crippen LogP contribution in [0.4, 0.5) is 22.0 Å². The van der Waals surface area contributed by atoms with Gasteiger partial charge in [-0.3, -0.25) is 19.3 Å². The van der Waals surface area contributed by atoms with E-state index >= 15 is 0 Å². The van der Waals surface area contributed by atoms with Gasteiger partial charge in [0.2, 0.25) is 0 Å². The summed E-state index contributed by atoms with van der Waals surface area (Å²) in [6, 6.07) is 9.94. The molecule has 0 fully saturated rings. The highest BCUT2D eigenvalue weighted by Crippen LogP contribution is 2.40. The van der Waals surface area contributed by atoms with Crippen LogP contribution in [-0.2, 0) is 29.8 Å². The summed E-state index contributed by atoms with van der Waals surface area (Å²) in [6.45, 7) is 1.05. The van der Waals surface area contributed by atoms with Gasteiger partial charge >= 0.3 is 0 Å². The zero-order valence-electron chi connectivity index (χ0n) is 23.7. The molecule has 2 aromatic carbocycles. The third kappa shape index (κ3) is 6.40. The smallest absolute Gasteiger partial charge is 0.282 e. The van der Waals surface area contributed by atoms with Gasteiger partial charge in [-0.15, -0.1) is 0 Å². The number of hydrogen-bond acceptors (Lipinski definition) is 5. The minimum atomic E-state index is -2.90. The van der Waals surface area contributed by atoms with Crippen molar-refractivity contribution in [2.75, 3.05) is 0 Å². The van der Waals surface area contributed by atoms with E-state index in [0.29, 0.717) is 35.7 Å². The fourth-order valence-corrected chi connectivity index (χ4v) is 6.04. The van der Waals surface area contributed by atoms with Crippen LogP contribution in [0, 0.1) is 17.5 Å². The maximum atomic E-state index is 14.3. The third-order valence-electron chi connectivity index (χ3n) is 7.86. The molecule has 2 heterocycles. The third-order valence-corrected chi connectivity index (χ3v) is 7.86. The quantitative estimate of drug-likeness (QED) is 0.216. The molecule has 12 heteroatoms. The van der Waals surface area contributed by atoms with Gasteiger partial charge < -0.3 is 10.8 Å². The van der Waals surface area contributed by atoms with Crippen molar-refractivity contribution in [3.63, 3.8) is 0 Å². The van der Waals surface area contributed by atoms with Crippen LogP contribution in [0.1, 0.15) is 77.1 Å². The van der Waals surface area contributed by atoms with Gasteiger partial charge in [0.1, 0.15) is 28.7 Å². The Kier molecular flexibility index (Phi) is 8.64. The molecule has 2 aromatic heterocycles. The van der Waals surface area contributed by atoms with Gasteiger partial charge in [-0.1, -0.05) is 12.1 Å². The average molecular weight is 613 g/mol. The van der Waals surface area contributed by atoms with Crippen LogP contribution in [0.25, 0.3) is 11.1 Å². The van der Waals surface area contributed by atoms with Crippen LogP contribution in [0.2, 0.25) is 0 Å². The van der Waals surface area contributed by atoms with E-state index in [1.807, 2.05) is 0 Å². The number of pyridine rings is 1. The van der Waals surface area contributed by atoms with Crippen molar-refractivity contribution in [2.45, 2.75) is 63.5 Å². The highest BCUT2D eigenvalue weighted by molar-refractivity contribution is 5.94. The summed E-state index contributed by atoms with van der Waals surface area (Å²) in [5.74, 6) is -4.72. The van der Waals surface area contributed by atoms with Crippen LogP contribution in [0.15, 0.2) is 54.7 Å². The number of nitrogens with two attached hydrogens (primary N) is 1. The van der Waals surface area contributed by atoms with Crippen molar-refractivity contribution in [2.24, 2.45) is 5.73 Å². The van der Waals surface area contributed by atoms with E-state index in [2.05, 4.69) is 10.1 Å². The first-order valence-electron chi connectivity index (χ1n) is 14.0. The number of carbonyl (C=O) groups excluding carboxylic acids is 2. The maximum absolute atomic E-state index is 14.3. The van der Waals surface area contributed by atoms with Crippen LogP contribution in [0.3, 0.4) is 0 Å². The minimum Gasteiger partial charge on any atom is -0.384 e. The molecule has 0 bridgehead atoms. The Labute approximate surface area is 249 Å². The molecular formula is C32H29F5N4O3. The molecule has 0 saturated carbocycles. The first-order chi connectivity index (χ1) is 20.8. The molecule has 1 amide bonds. The number of aromatic nitrogens is 3. The molecule has 0 saturated heterocycles. The van der Waals surface area contributed by atoms with E-state index in [-0.39, 0.29) is 41.6 Å². The molecule has 1 aliphatic carbocycles. The number of fused-ring (bicyclic) bond motifs is 1. The van der Waals surface area contributed by atoms with Gasteiger partial charge in [0, 0.05) is 35.7 Å². The Hall–Kier alpha value is -4.45. The Bertz CT molecular complexity index is 1720. The Morgan fingerprint density at radius 1 is 1.07 bits per heavy atom. The first kappa shape index (κ1) is 31.0. The first-order valence-corrected chi connectivity index (χ1v) is 14.0. The molecule has 1 unspecified atom stereocenters. The van der Waals surface area contributed by atoms with Gasteiger partial charge in [0.05, 0.1) is 23.5 Å². The number of Topliss-reactive ketones (excluding diaryl/α,β-unsaturated/α-hetero) is 1. The molecule has 7 nitrogen and oxygen atoms in total. The number of alkyl halides is 2. The zero-order valence-corrected chi connectivity index (χ0v) is 23.7. The van der Waals surface area contributed by atoms with Crippen LogP contribution >= 0.6 is 0 Å². The van der Waals surface area contributed by atoms with E-state index < -0.39 is 59.3 Å². The topological polar surface area (TPSA) is 111 Å². The molecule has 230 valence electrons. The van der Waals surface area contributed by atoms with Gasteiger partial charge in [0.25, 0.3) is 12.3 Å². The molecule has 4 aromatic rings. The van der Waals surface area contributed by atoms with Crippen LogP contribution in [-0.4, -0.2) is 31.6 Å². The van der Waals surface area contributed by atoms with E-state index in [0.717, 1.165) is 22.9 Å². The van der Waals surface area contributed by atoms with E-state index in [1.54, 1.807) is 12.1 Å². The van der Waals surface area contributed by atoms with E-state index in [4.69, 9.17) is 5.73 Å². The summed E-state index contributed by atoms with van der Waals surface area (Å²) in [7, 11) is 0. The van der Waals surface area contributed by atoms with Gasteiger partial charge in [-0.2, -0.15) is 5.10 Å². The lowest BCUT2D eigenvalue weighted by molar-refractivity contribution is -0.120. The number of rotatable bonds is 10. The summed E-state index contributed by atoms with van der Waals surface area (Å²) in [6.07, 6.45) is -0.681. The maximum Gasteiger partial charge on any atom is 0.282 e. The van der Waals surface area contributed by atoms with Crippen LogP contribution in [0.5, 0.6) is 0 Å². The average Bonchev–Trinajstić information content (AvgIpc) is 3.32. The molecule has 5 rings (SSSR count). The number of amides is 1. The lowest BCUT2D eigenvalue weighted by Gasteiger charge is -2.30. The highest BCUT2D eigenvalue weighted by Gasteiger charge is 2.38. The largest absolute Gasteiger partial charge is 0.384 e. The van der Waals surface area contributed by atoms with E-state index in [9.17, 15) is 36.6 Å². The Morgan fingerprint density at radius 2 is 1.80 bits per heavy atom. The molecule has 0 aliphatic heterocycles. The number of ketones is 1. The monoisotopic (exact) mass is 612 g/mol. The van der Waals surface area contributed by atoms with Crippen molar-refractivity contribution < 1.29 is 36.6 Å². The van der Waals surface area contributed by atoms with Crippen molar-refractivity contribution in [3.8, 4) is 11.1 Å². The molecule has 44 heavy (non-hydrogen) atoms. The number of aliphatic hydroxyl groups is 1. The number of hydrogen-bond donors (Lipinski definition) is 2. The van der Waals surface area contributed by atoms with Gasteiger partial charge in [0.15, 0.2) is 5.78 Å². The van der Waals surface area contributed by atoms with E-state index in [1.165, 1.54) is 25.3 Å². The summed E-state index contributed by atoms with van der Waals surface area (Å²) < 4.78 is 71.3. The predicted molar refractivity (Wildman–Crippen MR) is 150 cm³/mol. The fourth-order valence-electron chi connectivity index (χ4n) is 6.04. The number of carbonyl (C=O) groups is 2. The highest BCUT2D eigenvalue weighted by atomic mass is 19.3.